The first-order chi connectivity index (χ1) is 9.39. The van der Waals surface area contributed by atoms with E-state index in [1.165, 1.54) is 6.33 Å². The van der Waals surface area contributed by atoms with E-state index in [0.717, 1.165) is 18.8 Å². The van der Waals surface area contributed by atoms with Gasteiger partial charge < -0.3 is 15.0 Å². The Hall–Kier alpha value is -1.85. The number of methoxy groups -OCH3 is 1. The molecule has 1 aromatic heterocycles. The standard InChI is InChI=1S/C14H22N4O2/c1-14(2,3)17-13(19)10-5-6-18(8-10)11-7-12(20-4)16-9-15-11/h7,9-10H,5-6,8H2,1-4H3,(H,17,19). The quantitative estimate of drug-likeness (QED) is 0.900. The fourth-order valence-corrected chi connectivity index (χ4v) is 2.27. The molecule has 1 aliphatic heterocycles. The van der Waals surface area contributed by atoms with Gasteiger partial charge in [0.2, 0.25) is 11.8 Å². The van der Waals surface area contributed by atoms with Crippen molar-refractivity contribution in [3.05, 3.63) is 12.4 Å². The molecule has 1 unspecified atom stereocenters. The Labute approximate surface area is 119 Å². The highest BCUT2D eigenvalue weighted by molar-refractivity contribution is 5.80. The lowest BCUT2D eigenvalue weighted by Crippen LogP contribution is -2.44. The average Bonchev–Trinajstić information content (AvgIpc) is 2.86. The molecule has 6 heteroatoms. The smallest absolute Gasteiger partial charge is 0.225 e. The van der Waals surface area contributed by atoms with Gasteiger partial charge in [-0.1, -0.05) is 0 Å². The molecule has 0 radical (unpaired) electrons. The summed E-state index contributed by atoms with van der Waals surface area (Å²) in [6.07, 6.45) is 2.32. The molecule has 1 amide bonds. The van der Waals surface area contributed by atoms with E-state index in [1.807, 2.05) is 20.8 Å². The summed E-state index contributed by atoms with van der Waals surface area (Å²) in [6, 6.07) is 1.80. The number of anilines is 1. The Morgan fingerprint density at radius 2 is 2.20 bits per heavy atom. The molecule has 1 saturated heterocycles. The van der Waals surface area contributed by atoms with Crippen molar-refractivity contribution in [2.45, 2.75) is 32.7 Å². The van der Waals surface area contributed by atoms with Gasteiger partial charge in [0.05, 0.1) is 13.0 Å². The zero-order chi connectivity index (χ0) is 14.8. The Balaban J connectivity index is 1.99. The van der Waals surface area contributed by atoms with Gasteiger partial charge in [0.15, 0.2) is 0 Å². The van der Waals surface area contributed by atoms with Crippen LogP contribution in [0.5, 0.6) is 5.88 Å². The minimum absolute atomic E-state index is 0.00943. The maximum Gasteiger partial charge on any atom is 0.225 e. The molecule has 110 valence electrons. The monoisotopic (exact) mass is 278 g/mol. The SMILES string of the molecule is COc1cc(N2CCC(C(=O)NC(C)(C)C)C2)ncn1. The zero-order valence-electron chi connectivity index (χ0n) is 12.5. The molecule has 0 saturated carbocycles. The number of ether oxygens (including phenoxy) is 1. The predicted octanol–water partition coefficient (Wildman–Crippen LogP) is 1.23. The molecular weight excluding hydrogens is 256 g/mol. The van der Waals surface area contributed by atoms with Crippen LogP contribution in [0, 0.1) is 5.92 Å². The van der Waals surface area contributed by atoms with Crippen LogP contribution in [-0.4, -0.2) is 41.6 Å². The molecule has 2 rings (SSSR count). The van der Waals surface area contributed by atoms with Crippen LogP contribution in [0.2, 0.25) is 0 Å². The van der Waals surface area contributed by atoms with E-state index in [1.54, 1.807) is 13.2 Å². The zero-order valence-corrected chi connectivity index (χ0v) is 12.5. The molecule has 1 atom stereocenters. The number of aromatic nitrogens is 2. The van der Waals surface area contributed by atoms with Gasteiger partial charge in [0, 0.05) is 24.7 Å². The predicted molar refractivity (Wildman–Crippen MR) is 76.8 cm³/mol. The highest BCUT2D eigenvalue weighted by atomic mass is 16.5. The number of hydrogen-bond donors (Lipinski definition) is 1. The molecule has 1 aliphatic rings. The number of hydrogen-bond acceptors (Lipinski definition) is 5. The van der Waals surface area contributed by atoms with Gasteiger partial charge in [-0.05, 0) is 27.2 Å². The molecule has 20 heavy (non-hydrogen) atoms. The first kappa shape index (κ1) is 14.6. The molecule has 2 heterocycles. The Bertz CT molecular complexity index is 484. The third kappa shape index (κ3) is 3.59. The van der Waals surface area contributed by atoms with Gasteiger partial charge >= 0.3 is 0 Å². The second kappa shape index (κ2) is 5.64. The maximum absolute atomic E-state index is 12.2. The number of nitrogens with one attached hydrogen (secondary N) is 1. The Morgan fingerprint density at radius 3 is 2.85 bits per heavy atom. The van der Waals surface area contributed by atoms with Crippen molar-refractivity contribution in [1.29, 1.82) is 0 Å². The summed E-state index contributed by atoms with van der Waals surface area (Å²) >= 11 is 0. The normalized spacial score (nSPS) is 19.0. The third-order valence-electron chi connectivity index (χ3n) is 3.22. The summed E-state index contributed by atoms with van der Waals surface area (Å²) in [7, 11) is 1.58. The molecule has 1 aromatic rings. The second-order valence-electron chi connectivity index (χ2n) is 6.09. The van der Waals surface area contributed by atoms with E-state index in [2.05, 4.69) is 20.2 Å². The summed E-state index contributed by atoms with van der Waals surface area (Å²) in [6.45, 7) is 7.48. The largest absolute Gasteiger partial charge is 0.481 e. The van der Waals surface area contributed by atoms with E-state index < -0.39 is 0 Å². The number of carbonyl (C=O) groups is 1. The lowest BCUT2D eigenvalue weighted by atomic mass is 10.0. The lowest BCUT2D eigenvalue weighted by molar-refractivity contribution is -0.125. The van der Waals surface area contributed by atoms with E-state index in [0.29, 0.717) is 12.4 Å². The minimum atomic E-state index is -0.192. The van der Waals surface area contributed by atoms with Gasteiger partial charge in [-0.2, -0.15) is 0 Å². The topological polar surface area (TPSA) is 67.3 Å². The maximum atomic E-state index is 12.2. The van der Waals surface area contributed by atoms with Crippen LogP contribution in [0.3, 0.4) is 0 Å². The summed E-state index contributed by atoms with van der Waals surface area (Å²) in [5, 5.41) is 3.03. The lowest BCUT2D eigenvalue weighted by Gasteiger charge is -2.23. The molecule has 1 N–H and O–H groups in total. The third-order valence-corrected chi connectivity index (χ3v) is 3.22. The molecule has 0 spiro atoms. The van der Waals surface area contributed by atoms with Crippen molar-refractivity contribution >= 4 is 11.7 Å². The second-order valence-corrected chi connectivity index (χ2v) is 6.09. The highest BCUT2D eigenvalue weighted by Gasteiger charge is 2.30. The number of amides is 1. The van der Waals surface area contributed by atoms with Gasteiger partial charge in [-0.3, -0.25) is 4.79 Å². The van der Waals surface area contributed by atoms with E-state index >= 15 is 0 Å². The van der Waals surface area contributed by atoms with Crippen molar-refractivity contribution in [2.24, 2.45) is 5.92 Å². The fourth-order valence-electron chi connectivity index (χ4n) is 2.27. The number of nitrogens with zero attached hydrogens (tertiary/aromatic N) is 3. The summed E-state index contributed by atoms with van der Waals surface area (Å²) in [5.74, 6) is 1.47. The fraction of sp³-hybridized carbons (Fsp3) is 0.643. The highest BCUT2D eigenvalue weighted by Crippen LogP contribution is 2.24. The van der Waals surface area contributed by atoms with Gasteiger partial charge in [-0.25, -0.2) is 9.97 Å². The molecule has 1 fully saturated rings. The number of carbonyl (C=O) groups excluding carboxylic acids is 1. The summed E-state index contributed by atoms with van der Waals surface area (Å²) in [5.41, 5.74) is -0.192. The van der Waals surface area contributed by atoms with Crippen LogP contribution in [-0.2, 0) is 4.79 Å². The van der Waals surface area contributed by atoms with Gasteiger partial charge in [0.25, 0.3) is 0 Å². The van der Waals surface area contributed by atoms with Crippen LogP contribution >= 0.6 is 0 Å². The average molecular weight is 278 g/mol. The first-order valence-corrected chi connectivity index (χ1v) is 6.82. The van der Waals surface area contributed by atoms with Crippen molar-refractivity contribution < 1.29 is 9.53 Å². The molecular formula is C14H22N4O2. The van der Waals surface area contributed by atoms with Crippen molar-refractivity contribution in [2.75, 3.05) is 25.1 Å². The van der Waals surface area contributed by atoms with Crippen LogP contribution in [0.4, 0.5) is 5.82 Å². The Kier molecular flexibility index (Phi) is 4.11. The van der Waals surface area contributed by atoms with Crippen molar-refractivity contribution in [3.63, 3.8) is 0 Å². The molecule has 6 nitrogen and oxygen atoms in total. The molecule has 0 bridgehead atoms. The first-order valence-electron chi connectivity index (χ1n) is 6.82. The van der Waals surface area contributed by atoms with E-state index in [4.69, 9.17) is 4.74 Å². The minimum Gasteiger partial charge on any atom is -0.481 e. The van der Waals surface area contributed by atoms with Gasteiger partial charge in [0.1, 0.15) is 12.1 Å². The van der Waals surface area contributed by atoms with Crippen LogP contribution in [0.15, 0.2) is 12.4 Å². The molecule has 0 aromatic carbocycles. The molecule has 0 aliphatic carbocycles. The Morgan fingerprint density at radius 1 is 1.45 bits per heavy atom. The number of rotatable bonds is 3. The van der Waals surface area contributed by atoms with E-state index in [9.17, 15) is 4.79 Å². The van der Waals surface area contributed by atoms with Crippen LogP contribution in [0.1, 0.15) is 27.2 Å². The van der Waals surface area contributed by atoms with Crippen LogP contribution in [0.25, 0.3) is 0 Å². The van der Waals surface area contributed by atoms with E-state index in [-0.39, 0.29) is 17.4 Å². The summed E-state index contributed by atoms with van der Waals surface area (Å²) < 4.78 is 5.10. The van der Waals surface area contributed by atoms with Gasteiger partial charge in [-0.15, -0.1) is 0 Å². The summed E-state index contributed by atoms with van der Waals surface area (Å²) in [4.78, 5) is 22.5. The van der Waals surface area contributed by atoms with Crippen molar-refractivity contribution in [1.82, 2.24) is 15.3 Å². The van der Waals surface area contributed by atoms with Crippen molar-refractivity contribution in [3.8, 4) is 5.88 Å². The van der Waals surface area contributed by atoms with Crippen LogP contribution < -0.4 is 15.0 Å².